The van der Waals surface area contributed by atoms with Crippen molar-refractivity contribution in [1.82, 2.24) is 9.78 Å². The van der Waals surface area contributed by atoms with E-state index >= 15 is 0 Å². The van der Waals surface area contributed by atoms with E-state index in [9.17, 15) is 4.79 Å². The molecule has 3 nitrogen and oxygen atoms in total. The molecule has 0 bridgehead atoms. The van der Waals surface area contributed by atoms with Gasteiger partial charge < -0.3 is 0 Å². The molecule has 1 rings (SSSR count). The van der Waals surface area contributed by atoms with Crippen LogP contribution in [0.3, 0.4) is 0 Å². The standard InChI is InChI=1S/C9H14N2O/c1-7(2)4-8-5-10-11(3)9(8)6-12/h5-7H,4H2,1-3H3. The third-order valence-electron chi connectivity index (χ3n) is 1.80. The van der Waals surface area contributed by atoms with Crippen LogP contribution < -0.4 is 0 Å². The first-order valence-electron chi connectivity index (χ1n) is 4.11. The summed E-state index contributed by atoms with van der Waals surface area (Å²) in [5.41, 5.74) is 1.74. The fourth-order valence-corrected chi connectivity index (χ4v) is 1.24. The summed E-state index contributed by atoms with van der Waals surface area (Å²) in [6, 6.07) is 0. The molecule has 0 aromatic carbocycles. The fraction of sp³-hybridized carbons (Fsp3) is 0.556. The number of carbonyl (C=O) groups is 1. The van der Waals surface area contributed by atoms with Crippen LogP contribution in [0.1, 0.15) is 29.9 Å². The van der Waals surface area contributed by atoms with Crippen LogP contribution in [0.4, 0.5) is 0 Å². The van der Waals surface area contributed by atoms with Gasteiger partial charge in [-0.2, -0.15) is 5.10 Å². The Kier molecular flexibility index (Phi) is 2.63. The predicted octanol–water partition coefficient (Wildman–Crippen LogP) is 1.43. The van der Waals surface area contributed by atoms with E-state index in [0.29, 0.717) is 11.6 Å². The minimum atomic E-state index is 0.563. The van der Waals surface area contributed by atoms with E-state index in [-0.39, 0.29) is 0 Å². The SMILES string of the molecule is CC(C)Cc1cnn(C)c1C=O. The highest BCUT2D eigenvalue weighted by molar-refractivity contribution is 5.74. The molecule has 12 heavy (non-hydrogen) atoms. The Morgan fingerprint density at radius 3 is 2.83 bits per heavy atom. The van der Waals surface area contributed by atoms with Gasteiger partial charge in [0.25, 0.3) is 0 Å². The highest BCUT2D eigenvalue weighted by Gasteiger charge is 2.08. The van der Waals surface area contributed by atoms with Crippen LogP contribution in [-0.4, -0.2) is 16.1 Å². The van der Waals surface area contributed by atoms with E-state index in [1.54, 1.807) is 17.9 Å². The Bertz CT molecular complexity index is 276. The second-order valence-corrected chi connectivity index (χ2v) is 3.39. The molecule has 0 spiro atoms. The third-order valence-corrected chi connectivity index (χ3v) is 1.80. The van der Waals surface area contributed by atoms with Crippen molar-refractivity contribution >= 4 is 6.29 Å². The quantitative estimate of drug-likeness (QED) is 0.637. The third kappa shape index (κ3) is 1.72. The van der Waals surface area contributed by atoms with Crippen LogP contribution in [-0.2, 0) is 13.5 Å². The minimum absolute atomic E-state index is 0.563. The van der Waals surface area contributed by atoms with E-state index in [0.717, 1.165) is 18.3 Å². The lowest BCUT2D eigenvalue weighted by atomic mass is 10.0. The zero-order valence-electron chi connectivity index (χ0n) is 7.74. The van der Waals surface area contributed by atoms with E-state index < -0.39 is 0 Å². The minimum Gasteiger partial charge on any atom is -0.296 e. The zero-order chi connectivity index (χ0) is 9.14. The van der Waals surface area contributed by atoms with Crippen molar-refractivity contribution in [2.24, 2.45) is 13.0 Å². The molecule has 0 amide bonds. The van der Waals surface area contributed by atoms with Gasteiger partial charge in [0.15, 0.2) is 6.29 Å². The summed E-state index contributed by atoms with van der Waals surface area (Å²) in [7, 11) is 1.79. The summed E-state index contributed by atoms with van der Waals surface area (Å²) < 4.78 is 1.62. The number of aldehydes is 1. The molecular weight excluding hydrogens is 152 g/mol. The highest BCUT2D eigenvalue weighted by atomic mass is 16.1. The lowest BCUT2D eigenvalue weighted by Crippen LogP contribution is -2.01. The molecule has 0 unspecified atom stereocenters. The predicted molar refractivity (Wildman–Crippen MR) is 47.1 cm³/mol. The number of aromatic nitrogens is 2. The molecule has 0 atom stereocenters. The van der Waals surface area contributed by atoms with Crippen LogP contribution in [0.2, 0.25) is 0 Å². The summed E-state index contributed by atoms with van der Waals surface area (Å²) >= 11 is 0. The molecule has 1 aromatic rings. The molecule has 66 valence electrons. The van der Waals surface area contributed by atoms with Crippen molar-refractivity contribution in [3.63, 3.8) is 0 Å². The van der Waals surface area contributed by atoms with E-state index in [1.807, 2.05) is 0 Å². The lowest BCUT2D eigenvalue weighted by Gasteiger charge is -2.02. The highest BCUT2D eigenvalue weighted by Crippen LogP contribution is 2.10. The second-order valence-electron chi connectivity index (χ2n) is 3.39. The van der Waals surface area contributed by atoms with Gasteiger partial charge in [0.1, 0.15) is 5.69 Å². The molecule has 1 heterocycles. The molecule has 0 aliphatic heterocycles. The summed E-state index contributed by atoms with van der Waals surface area (Å²) in [6.45, 7) is 4.25. The van der Waals surface area contributed by atoms with Crippen LogP contribution in [0, 0.1) is 5.92 Å². The maximum absolute atomic E-state index is 10.6. The molecular formula is C9H14N2O. The van der Waals surface area contributed by atoms with Gasteiger partial charge in [0, 0.05) is 12.6 Å². The number of rotatable bonds is 3. The van der Waals surface area contributed by atoms with Crippen molar-refractivity contribution in [3.8, 4) is 0 Å². The topological polar surface area (TPSA) is 34.9 Å². The van der Waals surface area contributed by atoms with Crippen molar-refractivity contribution in [2.45, 2.75) is 20.3 Å². The van der Waals surface area contributed by atoms with Crippen LogP contribution in [0.5, 0.6) is 0 Å². The van der Waals surface area contributed by atoms with E-state index in [1.165, 1.54) is 0 Å². The summed E-state index contributed by atoms with van der Waals surface area (Å²) in [5, 5.41) is 4.03. The van der Waals surface area contributed by atoms with Crippen LogP contribution in [0.25, 0.3) is 0 Å². The van der Waals surface area contributed by atoms with Gasteiger partial charge in [0.2, 0.25) is 0 Å². The molecule has 0 aliphatic rings. The first-order valence-corrected chi connectivity index (χ1v) is 4.11. The normalized spacial score (nSPS) is 10.7. The largest absolute Gasteiger partial charge is 0.296 e. The first kappa shape index (κ1) is 8.97. The Labute approximate surface area is 72.4 Å². The average molecular weight is 166 g/mol. The van der Waals surface area contributed by atoms with Crippen LogP contribution >= 0.6 is 0 Å². The molecule has 0 aliphatic carbocycles. The zero-order valence-corrected chi connectivity index (χ0v) is 7.74. The maximum atomic E-state index is 10.6. The van der Waals surface area contributed by atoms with Gasteiger partial charge >= 0.3 is 0 Å². The van der Waals surface area contributed by atoms with Gasteiger partial charge in [0.05, 0.1) is 6.20 Å². The number of hydrogen-bond acceptors (Lipinski definition) is 2. The average Bonchev–Trinajstić information content (AvgIpc) is 2.30. The lowest BCUT2D eigenvalue weighted by molar-refractivity contribution is 0.111. The first-order chi connectivity index (χ1) is 5.65. The van der Waals surface area contributed by atoms with Gasteiger partial charge in [-0.3, -0.25) is 9.48 Å². The summed E-state index contributed by atoms with van der Waals surface area (Å²) in [5.74, 6) is 0.563. The molecule has 0 radical (unpaired) electrons. The van der Waals surface area contributed by atoms with Gasteiger partial charge in [-0.15, -0.1) is 0 Å². The van der Waals surface area contributed by atoms with Crippen molar-refractivity contribution < 1.29 is 4.79 Å². The summed E-state index contributed by atoms with van der Waals surface area (Å²) in [4.78, 5) is 10.6. The molecule has 0 fully saturated rings. The van der Waals surface area contributed by atoms with Crippen molar-refractivity contribution in [3.05, 3.63) is 17.5 Å². The Balaban J connectivity index is 2.91. The number of aryl methyl sites for hydroxylation is 1. The molecule has 0 saturated carbocycles. The molecule has 3 heteroatoms. The van der Waals surface area contributed by atoms with Crippen molar-refractivity contribution in [1.29, 1.82) is 0 Å². The summed E-state index contributed by atoms with van der Waals surface area (Å²) in [6.07, 6.45) is 3.55. The molecule has 0 N–H and O–H groups in total. The van der Waals surface area contributed by atoms with Gasteiger partial charge in [-0.05, 0) is 12.3 Å². The van der Waals surface area contributed by atoms with Gasteiger partial charge in [-0.25, -0.2) is 0 Å². The monoisotopic (exact) mass is 166 g/mol. The molecule has 0 saturated heterocycles. The fourth-order valence-electron chi connectivity index (χ4n) is 1.24. The number of nitrogens with zero attached hydrogens (tertiary/aromatic N) is 2. The smallest absolute Gasteiger partial charge is 0.168 e. The van der Waals surface area contributed by atoms with Gasteiger partial charge in [-0.1, -0.05) is 13.8 Å². The Hall–Kier alpha value is -1.12. The Morgan fingerprint density at radius 1 is 1.67 bits per heavy atom. The maximum Gasteiger partial charge on any atom is 0.168 e. The van der Waals surface area contributed by atoms with E-state index in [2.05, 4.69) is 18.9 Å². The van der Waals surface area contributed by atoms with Crippen molar-refractivity contribution in [2.75, 3.05) is 0 Å². The second kappa shape index (κ2) is 3.52. The van der Waals surface area contributed by atoms with Crippen LogP contribution in [0.15, 0.2) is 6.20 Å². The number of carbonyl (C=O) groups excluding carboxylic acids is 1. The number of hydrogen-bond donors (Lipinski definition) is 0. The Morgan fingerprint density at radius 2 is 2.33 bits per heavy atom. The van der Waals surface area contributed by atoms with E-state index in [4.69, 9.17) is 0 Å². The molecule has 1 aromatic heterocycles.